The van der Waals surface area contributed by atoms with Crippen molar-refractivity contribution in [2.24, 2.45) is 0 Å². The number of carbonyl (C=O) groups excluding carboxylic acids is 1. The maximum atomic E-state index is 12.5. The van der Waals surface area contributed by atoms with Crippen molar-refractivity contribution in [1.29, 1.82) is 0 Å². The van der Waals surface area contributed by atoms with Gasteiger partial charge in [-0.15, -0.1) is 0 Å². The first kappa shape index (κ1) is 14.6. The molecule has 0 bridgehead atoms. The van der Waals surface area contributed by atoms with E-state index in [-0.39, 0.29) is 11.7 Å². The topological polar surface area (TPSA) is 45.2 Å². The Morgan fingerprint density at radius 1 is 1.40 bits per heavy atom. The van der Waals surface area contributed by atoms with Crippen LogP contribution < -0.4 is 5.32 Å². The van der Waals surface area contributed by atoms with E-state index in [2.05, 4.69) is 10.3 Å². The third-order valence-corrected chi connectivity index (χ3v) is 3.17. The van der Waals surface area contributed by atoms with Crippen molar-refractivity contribution in [2.45, 2.75) is 25.4 Å². The largest absolute Gasteiger partial charge is 0.416 e. The van der Waals surface area contributed by atoms with Gasteiger partial charge in [-0.25, -0.2) is 4.98 Å². The molecule has 2 rings (SSSR count). The fourth-order valence-electron chi connectivity index (χ4n) is 2.13. The Labute approximate surface area is 115 Å². The molecule has 0 unspecified atom stereocenters. The summed E-state index contributed by atoms with van der Waals surface area (Å²) in [5, 5.41) is 2.85. The highest BCUT2D eigenvalue weighted by Crippen LogP contribution is 2.29. The second-order valence-electron chi connectivity index (χ2n) is 4.69. The number of likely N-dealkylation sites (tertiary alicyclic amines) is 1. The van der Waals surface area contributed by atoms with Crippen molar-refractivity contribution in [3.05, 3.63) is 23.9 Å². The molecule has 4 nitrogen and oxygen atoms in total. The summed E-state index contributed by atoms with van der Waals surface area (Å²) < 4.78 is 37.5. The smallest absolute Gasteiger partial charge is 0.370 e. The number of aromatic nitrogens is 1. The lowest BCUT2D eigenvalue weighted by Gasteiger charge is -2.15. The molecule has 1 saturated heterocycles. The van der Waals surface area contributed by atoms with Gasteiger partial charge >= 0.3 is 6.18 Å². The van der Waals surface area contributed by atoms with Crippen LogP contribution in [0.4, 0.5) is 19.0 Å². The van der Waals surface area contributed by atoms with Crippen LogP contribution in [-0.4, -0.2) is 35.4 Å². The minimum absolute atomic E-state index is 0.155. The zero-order valence-electron chi connectivity index (χ0n) is 10.9. The lowest BCUT2D eigenvalue weighted by atomic mass is 10.2. The number of nitrogens with zero attached hydrogens (tertiary/aromatic N) is 2. The van der Waals surface area contributed by atoms with Gasteiger partial charge in [-0.1, -0.05) is 0 Å². The molecule has 1 fully saturated rings. The second kappa shape index (κ2) is 6.11. The van der Waals surface area contributed by atoms with E-state index in [1.165, 1.54) is 0 Å². The molecular formula is C13H16F3N3O. The molecule has 1 aliphatic rings. The standard InChI is InChI=1S/C13H16F3N3O/c14-13(15,16)10-4-6-18-11(9-10)17-5-2-8-19-7-1-3-12(19)20/h4,6,9H,1-3,5,7-8H2,(H,17,18). The molecule has 1 aliphatic heterocycles. The van der Waals surface area contributed by atoms with Gasteiger partial charge in [0.25, 0.3) is 0 Å². The SMILES string of the molecule is O=C1CCCN1CCCNc1cc(C(F)(F)F)ccn1. The summed E-state index contributed by atoms with van der Waals surface area (Å²) in [6.45, 7) is 1.89. The number of alkyl halides is 3. The molecule has 1 aromatic heterocycles. The number of hydrogen-bond acceptors (Lipinski definition) is 3. The number of nitrogens with one attached hydrogen (secondary N) is 1. The molecule has 0 aliphatic carbocycles. The van der Waals surface area contributed by atoms with E-state index in [1.807, 2.05) is 0 Å². The fourth-order valence-corrected chi connectivity index (χ4v) is 2.13. The Bertz CT molecular complexity index is 476. The highest BCUT2D eigenvalue weighted by atomic mass is 19.4. The first-order chi connectivity index (χ1) is 9.47. The van der Waals surface area contributed by atoms with Crippen LogP contribution >= 0.6 is 0 Å². The van der Waals surface area contributed by atoms with E-state index in [0.29, 0.717) is 25.9 Å². The van der Waals surface area contributed by atoms with Gasteiger partial charge in [-0.2, -0.15) is 13.2 Å². The lowest BCUT2D eigenvalue weighted by molar-refractivity contribution is -0.137. The number of halogens is 3. The molecule has 0 atom stereocenters. The Morgan fingerprint density at radius 3 is 2.85 bits per heavy atom. The molecule has 0 aromatic carbocycles. The Kier molecular flexibility index (Phi) is 4.46. The summed E-state index contributed by atoms with van der Waals surface area (Å²) in [4.78, 5) is 17.0. The molecule has 0 spiro atoms. The minimum atomic E-state index is -4.36. The van der Waals surface area contributed by atoms with Gasteiger partial charge in [0.2, 0.25) is 5.91 Å². The first-order valence-electron chi connectivity index (χ1n) is 6.52. The molecule has 1 N–H and O–H groups in total. The molecule has 2 heterocycles. The first-order valence-corrected chi connectivity index (χ1v) is 6.52. The van der Waals surface area contributed by atoms with Crippen molar-refractivity contribution >= 4 is 11.7 Å². The van der Waals surface area contributed by atoms with Crippen LogP contribution in [0.25, 0.3) is 0 Å². The number of anilines is 1. The molecule has 0 radical (unpaired) electrons. The lowest BCUT2D eigenvalue weighted by Crippen LogP contribution is -2.27. The van der Waals surface area contributed by atoms with Crippen molar-refractivity contribution in [3.8, 4) is 0 Å². The third-order valence-electron chi connectivity index (χ3n) is 3.17. The van der Waals surface area contributed by atoms with Crippen molar-refractivity contribution < 1.29 is 18.0 Å². The zero-order chi connectivity index (χ0) is 14.6. The van der Waals surface area contributed by atoms with Gasteiger partial charge in [0.15, 0.2) is 0 Å². The van der Waals surface area contributed by atoms with E-state index in [4.69, 9.17) is 0 Å². The number of rotatable bonds is 5. The van der Waals surface area contributed by atoms with E-state index >= 15 is 0 Å². The summed E-state index contributed by atoms with van der Waals surface area (Å²) in [6.07, 6.45) is -1.05. The van der Waals surface area contributed by atoms with Gasteiger partial charge < -0.3 is 10.2 Å². The Morgan fingerprint density at radius 2 is 2.20 bits per heavy atom. The predicted octanol–water partition coefficient (Wildman–Crippen LogP) is 2.52. The Balaban J connectivity index is 1.78. The zero-order valence-corrected chi connectivity index (χ0v) is 10.9. The number of pyridine rings is 1. The van der Waals surface area contributed by atoms with Crippen LogP contribution in [-0.2, 0) is 11.0 Å². The maximum Gasteiger partial charge on any atom is 0.416 e. The second-order valence-corrected chi connectivity index (χ2v) is 4.69. The molecule has 7 heteroatoms. The summed E-state index contributed by atoms with van der Waals surface area (Å²) >= 11 is 0. The summed E-state index contributed by atoms with van der Waals surface area (Å²) in [7, 11) is 0. The van der Waals surface area contributed by atoms with Gasteiger partial charge in [0, 0.05) is 32.3 Å². The van der Waals surface area contributed by atoms with Gasteiger partial charge in [-0.05, 0) is 25.0 Å². The van der Waals surface area contributed by atoms with Crippen molar-refractivity contribution in [1.82, 2.24) is 9.88 Å². The summed E-state index contributed by atoms with van der Waals surface area (Å²) in [5.74, 6) is 0.356. The van der Waals surface area contributed by atoms with Crippen LogP contribution in [0, 0.1) is 0 Å². The third kappa shape index (κ3) is 3.85. The number of carbonyl (C=O) groups is 1. The maximum absolute atomic E-state index is 12.5. The van der Waals surface area contributed by atoms with Crippen LogP contribution in [0.3, 0.4) is 0 Å². The van der Waals surface area contributed by atoms with Gasteiger partial charge in [0.1, 0.15) is 5.82 Å². The molecular weight excluding hydrogens is 271 g/mol. The van der Waals surface area contributed by atoms with Gasteiger partial charge in [-0.3, -0.25) is 4.79 Å². The highest BCUT2D eigenvalue weighted by molar-refractivity contribution is 5.77. The van der Waals surface area contributed by atoms with Crippen LogP contribution in [0.2, 0.25) is 0 Å². The molecule has 20 heavy (non-hydrogen) atoms. The van der Waals surface area contributed by atoms with Crippen molar-refractivity contribution in [2.75, 3.05) is 25.0 Å². The summed E-state index contributed by atoms with van der Waals surface area (Å²) in [5.41, 5.74) is -0.718. The molecule has 0 saturated carbocycles. The van der Waals surface area contributed by atoms with Gasteiger partial charge in [0.05, 0.1) is 5.56 Å². The highest BCUT2D eigenvalue weighted by Gasteiger charge is 2.30. The van der Waals surface area contributed by atoms with Crippen LogP contribution in [0.5, 0.6) is 0 Å². The average molecular weight is 287 g/mol. The van der Waals surface area contributed by atoms with Crippen LogP contribution in [0.15, 0.2) is 18.3 Å². The fraction of sp³-hybridized carbons (Fsp3) is 0.538. The monoisotopic (exact) mass is 287 g/mol. The summed E-state index contributed by atoms with van der Waals surface area (Å²) in [6, 6.07) is 1.93. The quantitative estimate of drug-likeness (QED) is 0.846. The van der Waals surface area contributed by atoms with E-state index in [1.54, 1.807) is 4.90 Å². The van der Waals surface area contributed by atoms with Crippen molar-refractivity contribution in [3.63, 3.8) is 0 Å². The number of hydrogen-bond donors (Lipinski definition) is 1. The van der Waals surface area contributed by atoms with E-state index in [0.717, 1.165) is 31.3 Å². The minimum Gasteiger partial charge on any atom is -0.370 e. The Hall–Kier alpha value is -1.79. The van der Waals surface area contributed by atoms with E-state index in [9.17, 15) is 18.0 Å². The average Bonchev–Trinajstić information content (AvgIpc) is 2.80. The number of amides is 1. The van der Waals surface area contributed by atoms with E-state index < -0.39 is 11.7 Å². The van der Waals surface area contributed by atoms with Crippen LogP contribution in [0.1, 0.15) is 24.8 Å². The predicted molar refractivity (Wildman–Crippen MR) is 68.2 cm³/mol. The molecule has 110 valence electrons. The molecule has 1 aromatic rings. The molecule has 1 amide bonds. The normalized spacial score (nSPS) is 15.8.